The van der Waals surface area contributed by atoms with Crippen molar-refractivity contribution in [2.45, 2.75) is 52.4 Å². The molecule has 0 bridgehead atoms. The lowest BCUT2D eigenvalue weighted by Crippen LogP contribution is -2.15. The summed E-state index contributed by atoms with van der Waals surface area (Å²) < 4.78 is 0. The van der Waals surface area contributed by atoms with Gasteiger partial charge < -0.3 is 5.32 Å². The van der Waals surface area contributed by atoms with Crippen LogP contribution in [0.5, 0.6) is 0 Å². The van der Waals surface area contributed by atoms with Crippen molar-refractivity contribution in [3.05, 3.63) is 50.9 Å². The zero-order valence-corrected chi connectivity index (χ0v) is 15.1. The van der Waals surface area contributed by atoms with Gasteiger partial charge in [-0.2, -0.15) is 5.26 Å². The van der Waals surface area contributed by atoms with Gasteiger partial charge in [0.2, 0.25) is 5.91 Å². The van der Waals surface area contributed by atoms with E-state index in [1.807, 2.05) is 19.1 Å². The first-order valence-electron chi connectivity index (χ1n) is 8.49. The summed E-state index contributed by atoms with van der Waals surface area (Å²) in [4.78, 5) is 13.7. The number of carbonyl (C=O) groups is 1. The minimum Gasteiger partial charge on any atom is -0.316 e. The van der Waals surface area contributed by atoms with Crippen molar-refractivity contribution in [2.24, 2.45) is 0 Å². The molecule has 1 aromatic carbocycles. The summed E-state index contributed by atoms with van der Waals surface area (Å²) in [5, 5.41) is 13.3. The molecule has 1 aromatic heterocycles. The molecule has 0 radical (unpaired) electrons. The Morgan fingerprint density at radius 3 is 2.79 bits per heavy atom. The highest BCUT2D eigenvalue weighted by Crippen LogP contribution is 2.37. The summed E-state index contributed by atoms with van der Waals surface area (Å²) in [6.07, 6.45) is 5.87. The van der Waals surface area contributed by atoms with Gasteiger partial charge in [0, 0.05) is 4.88 Å². The second kappa shape index (κ2) is 7.19. The maximum atomic E-state index is 12.5. The number of carbonyl (C=O) groups excluding carboxylic acids is 1. The minimum absolute atomic E-state index is 0.0464. The molecule has 1 N–H and O–H groups in total. The molecule has 1 aliphatic rings. The normalized spacial score (nSPS) is 13.7. The van der Waals surface area contributed by atoms with Crippen molar-refractivity contribution >= 4 is 22.2 Å². The zero-order chi connectivity index (χ0) is 17.1. The lowest BCUT2D eigenvalue weighted by Gasteiger charge is -2.07. The predicted octanol–water partition coefficient (Wildman–Crippen LogP) is 4.69. The second-order valence-electron chi connectivity index (χ2n) is 6.54. The van der Waals surface area contributed by atoms with Crippen LogP contribution in [0, 0.1) is 25.2 Å². The van der Waals surface area contributed by atoms with Crippen LogP contribution in [0.3, 0.4) is 0 Å². The van der Waals surface area contributed by atoms with Crippen molar-refractivity contribution in [2.75, 3.05) is 5.32 Å². The van der Waals surface area contributed by atoms with Gasteiger partial charge in [-0.15, -0.1) is 11.3 Å². The Kier molecular flexibility index (Phi) is 5.01. The predicted molar refractivity (Wildman–Crippen MR) is 98.5 cm³/mol. The van der Waals surface area contributed by atoms with Gasteiger partial charge in [-0.25, -0.2) is 0 Å². The third kappa shape index (κ3) is 3.52. The maximum absolute atomic E-state index is 12.5. The zero-order valence-electron chi connectivity index (χ0n) is 14.2. The second-order valence-corrected chi connectivity index (χ2v) is 7.64. The summed E-state index contributed by atoms with van der Waals surface area (Å²) in [6.45, 7) is 4.08. The SMILES string of the molecule is Cc1ccc(CC(=O)Nc2sc3c(c2C#N)CCCCC3)c(C)c1. The van der Waals surface area contributed by atoms with Crippen molar-refractivity contribution in [3.63, 3.8) is 0 Å². The molecule has 0 saturated carbocycles. The molecule has 0 unspecified atom stereocenters. The monoisotopic (exact) mass is 338 g/mol. The van der Waals surface area contributed by atoms with Crippen LogP contribution in [0.15, 0.2) is 18.2 Å². The molecular weight excluding hydrogens is 316 g/mol. The minimum atomic E-state index is -0.0464. The Hall–Kier alpha value is -2.12. The number of hydrogen-bond donors (Lipinski definition) is 1. The Morgan fingerprint density at radius 2 is 2.04 bits per heavy atom. The van der Waals surface area contributed by atoms with Crippen LogP contribution in [-0.4, -0.2) is 5.91 Å². The van der Waals surface area contributed by atoms with Crippen LogP contribution in [0.4, 0.5) is 5.00 Å². The highest BCUT2D eigenvalue weighted by Gasteiger charge is 2.21. The first-order valence-corrected chi connectivity index (χ1v) is 9.30. The Morgan fingerprint density at radius 1 is 1.25 bits per heavy atom. The summed E-state index contributed by atoms with van der Waals surface area (Å²) in [5.74, 6) is -0.0464. The molecule has 0 atom stereocenters. The molecular formula is C20H22N2OS. The van der Waals surface area contributed by atoms with Crippen molar-refractivity contribution in [1.82, 2.24) is 0 Å². The fourth-order valence-electron chi connectivity index (χ4n) is 3.34. The number of nitrogens with zero attached hydrogens (tertiary/aromatic N) is 1. The molecule has 1 heterocycles. The molecule has 0 aliphatic heterocycles. The highest BCUT2D eigenvalue weighted by molar-refractivity contribution is 7.16. The van der Waals surface area contributed by atoms with Gasteiger partial charge in [-0.05, 0) is 56.2 Å². The van der Waals surface area contributed by atoms with Crippen LogP contribution in [0.1, 0.15) is 52.0 Å². The summed E-state index contributed by atoms with van der Waals surface area (Å²) >= 11 is 1.59. The Bertz CT molecular complexity index is 814. The molecule has 4 heteroatoms. The van der Waals surface area contributed by atoms with E-state index < -0.39 is 0 Å². The summed E-state index contributed by atoms with van der Waals surface area (Å²) in [7, 11) is 0. The van der Waals surface area contributed by atoms with Crippen LogP contribution in [0.25, 0.3) is 0 Å². The number of hydrogen-bond acceptors (Lipinski definition) is 3. The van der Waals surface area contributed by atoms with Crippen LogP contribution in [0.2, 0.25) is 0 Å². The van der Waals surface area contributed by atoms with Gasteiger partial charge in [0.1, 0.15) is 11.1 Å². The van der Waals surface area contributed by atoms with Crippen LogP contribution in [-0.2, 0) is 24.1 Å². The van der Waals surface area contributed by atoms with Crippen molar-refractivity contribution < 1.29 is 4.79 Å². The molecule has 0 fully saturated rings. The van der Waals surface area contributed by atoms with E-state index in [2.05, 4.69) is 24.4 Å². The number of fused-ring (bicyclic) bond motifs is 1. The topological polar surface area (TPSA) is 52.9 Å². The fraction of sp³-hybridized carbons (Fsp3) is 0.400. The van der Waals surface area contributed by atoms with E-state index in [0.29, 0.717) is 12.0 Å². The number of benzene rings is 1. The number of anilines is 1. The fourth-order valence-corrected chi connectivity index (χ4v) is 4.59. The Labute approximate surface area is 147 Å². The van der Waals surface area contributed by atoms with Crippen LogP contribution < -0.4 is 5.32 Å². The molecule has 1 amide bonds. The number of nitriles is 1. The van der Waals surface area contributed by atoms with E-state index in [-0.39, 0.29) is 5.91 Å². The lowest BCUT2D eigenvalue weighted by molar-refractivity contribution is -0.115. The van der Waals surface area contributed by atoms with E-state index in [1.165, 1.54) is 28.8 Å². The average molecular weight is 338 g/mol. The molecule has 3 nitrogen and oxygen atoms in total. The van der Waals surface area contributed by atoms with Gasteiger partial charge in [-0.1, -0.05) is 30.2 Å². The Balaban J connectivity index is 1.78. The first-order chi connectivity index (χ1) is 11.6. The van der Waals surface area contributed by atoms with Gasteiger partial charge >= 0.3 is 0 Å². The van der Waals surface area contributed by atoms with E-state index in [9.17, 15) is 10.1 Å². The first kappa shape index (κ1) is 16.7. The lowest BCUT2D eigenvalue weighted by atomic mass is 10.0. The van der Waals surface area contributed by atoms with E-state index in [1.54, 1.807) is 11.3 Å². The average Bonchev–Trinajstić information content (AvgIpc) is 2.70. The standard InChI is InChI=1S/C20H22N2OS/c1-13-8-9-15(14(2)10-13)11-19(23)22-20-17(12-21)16-6-4-3-5-7-18(16)24-20/h8-10H,3-7,11H2,1-2H3,(H,22,23). The highest BCUT2D eigenvalue weighted by atomic mass is 32.1. The molecule has 0 saturated heterocycles. The molecule has 1 aliphatic carbocycles. The molecule has 24 heavy (non-hydrogen) atoms. The van der Waals surface area contributed by atoms with Gasteiger partial charge in [0.25, 0.3) is 0 Å². The number of rotatable bonds is 3. The molecule has 0 spiro atoms. The quantitative estimate of drug-likeness (QED) is 0.826. The number of amides is 1. The number of thiophene rings is 1. The molecule has 3 rings (SSSR count). The number of nitrogens with one attached hydrogen (secondary N) is 1. The third-order valence-corrected chi connectivity index (χ3v) is 5.84. The van der Waals surface area contributed by atoms with Gasteiger partial charge in [0.05, 0.1) is 12.0 Å². The van der Waals surface area contributed by atoms with Crippen molar-refractivity contribution in [3.8, 4) is 6.07 Å². The smallest absolute Gasteiger partial charge is 0.229 e. The number of aryl methyl sites for hydroxylation is 3. The molecule has 124 valence electrons. The largest absolute Gasteiger partial charge is 0.316 e. The van der Waals surface area contributed by atoms with Crippen LogP contribution >= 0.6 is 11.3 Å². The molecule has 2 aromatic rings. The summed E-state index contributed by atoms with van der Waals surface area (Å²) in [6, 6.07) is 8.45. The van der Waals surface area contributed by atoms with E-state index in [4.69, 9.17) is 0 Å². The maximum Gasteiger partial charge on any atom is 0.229 e. The van der Waals surface area contributed by atoms with Gasteiger partial charge in [0.15, 0.2) is 0 Å². The van der Waals surface area contributed by atoms with Crippen molar-refractivity contribution in [1.29, 1.82) is 5.26 Å². The summed E-state index contributed by atoms with van der Waals surface area (Å²) in [5.41, 5.74) is 5.22. The van der Waals surface area contributed by atoms with E-state index in [0.717, 1.165) is 35.4 Å². The van der Waals surface area contributed by atoms with E-state index >= 15 is 0 Å². The van der Waals surface area contributed by atoms with Gasteiger partial charge in [-0.3, -0.25) is 4.79 Å². The third-order valence-electron chi connectivity index (χ3n) is 4.64.